The molecule has 0 aliphatic heterocycles. The zero-order valence-corrected chi connectivity index (χ0v) is 9.48. The first kappa shape index (κ1) is 11.8. The molecule has 0 heterocycles. The Bertz CT molecular complexity index is 609. The number of nitrogens with two attached hydrogens (primary N) is 1. The number of hydrogen-bond acceptors (Lipinski definition) is 4. The molecule has 0 spiro atoms. The average molecular weight is 241 g/mol. The Morgan fingerprint density at radius 3 is 2.67 bits per heavy atom. The molecule has 2 rings (SSSR count). The lowest BCUT2D eigenvalue weighted by Crippen LogP contribution is -1.89. The van der Waals surface area contributed by atoms with Crippen molar-refractivity contribution in [2.24, 2.45) is 4.99 Å². The zero-order valence-electron chi connectivity index (χ0n) is 9.48. The number of aliphatic imine (C=N–C) groups is 1. The molecule has 5 heteroatoms. The van der Waals surface area contributed by atoms with E-state index in [1.54, 1.807) is 30.5 Å². The molecule has 2 aromatic rings. The fourth-order valence-electron chi connectivity index (χ4n) is 1.47. The van der Waals surface area contributed by atoms with E-state index in [0.29, 0.717) is 16.9 Å². The zero-order chi connectivity index (χ0) is 13.0. The van der Waals surface area contributed by atoms with Crippen LogP contribution in [0.2, 0.25) is 0 Å². The van der Waals surface area contributed by atoms with Crippen LogP contribution in [0.15, 0.2) is 53.5 Å². The number of nitro groups is 1. The van der Waals surface area contributed by atoms with Crippen LogP contribution in [-0.4, -0.2) is 11.1 Å². The maximum Gasteiger partial charge on any atom is 0.270 e. The van der Waals surface area contributed by atoms with Gasteiger partial charge in [0, 0.05) is 18.3 Å². The quantitative estimate of drug-likeness (QED) is 0.388. The highest BCUT2D eigenvalue weighted by Gasteiger charge is 2.04. The lowest BCUT2D eigenvalue weighted by atomic mass is 10.2. The van der Waals surface area contributed by atoms with Crippen molar-refractivity contribution < 1.29 is 4.92 Å². The summed E-state index contributed by atoms with van der Waals surface area (Å²) in [6.07, 6.45) is 1.55. The minimum atomic E-state index is -0.436. The van der Waals surface area contributed by atoms with Gasteiger partial charge in [0.25, 0.3) is 5.69 Å². The summed E-state index contributed by atoms with van der Waals surface area (Å²) in [4.78, 5) is 14.4. The summed E-state index contributed by atoms with van der Waals surface area (Å²) < 4.78 is 0. The highest BCUT2D eigenvalue weighted by molar-refractivity contribution is 5.84. The van der Waals surface area contributed by atoms with Crippen molar-refractivity contribution in [2.75, 3.05) is 5.73 Å². The van der Waals surface area contributed by atoms with Crippen LogP contribution in [0.4, 0.5) is 17.1 Å². The minimum Gasteiger partial charge on any atom is -0.397 e. The number of nitrogens with zero attached hydrogens (tertiary/aromatic N) is 2. The Hall–Kier alpha value is -2.69. The fourth-order valence-corrected chi connectivity index (χ4v) is 1.47. The first-order valence-electron chi connectivity index (χ1n) is 5.30. The molecule has 90 valence electrons. The van der Waals surface area contributed by atoms with Gasteiger partial charge in [-0.05, 0) is 17.7 Å². The van der Waals surface area contributed by atoms with E-state index in [2.05, 4.69) is 4.99 Å². The lowest BCUT2D eigenvalue weighted by Gasteiger charge is -1.98. The van der Waals surface area contributed by atoms with Crippen molar-refractivity contribution in [1.29, 1.82) is 0 Å². The van der Waals surface area contributed by atoms with E-state index in [9.17, 15) is 10.1 Å². The number of anilines is 1. The van der Waals surface area contributed by atoms with Crippen molar-refractivity contribution in [3.8, 4) is 0 Å². The number of rotatable bonds is 3. The summed E-state index contributed by atoms with van der Waals surface area (Å²) in [5, 5.41) is 10.6. The number of nitro benzene ring substituents is 1. The van der Waals surface area contributed by atoms with Gasteiger partial charge in [-0.2, -0.15) is 0 Å². The Balaban J connectivity index is 2.27. The predicted octanol–water partition coefficient (Wildman–Crippen LogP) is 2.93. The number of benzene rings is 2. The molecule has 5 nitrogen and oxygen atoms in total. The molecular weight excluding hydrogens is 230 g/mol. The van der Waals surface area contributed by atoms with Crippen molar-refractivity contribution in [3.05, 3.63) is 64.2 Å². The monoisotopic (exact) mass is 241 g/mol. The summed E-state index contributed by atoms with van der Waals surface area (Å²) in [6, 6.07) is 13.4. The van der Waals surface area contributed by atoms with E-state index in [1.807, 2.05) is 12.1 Å². The molecule has 0 unspecified atom stereocenters. The van der Waals surface area contributed by atoms with Gasteiger partial charge in [-0.1, -0.05) is 24.3 Å². The van der Waals surface area contributed by atoms with Crippen LogP contribution in [0, 0.1) is 10.1 Å². The summed E-state index contributed by atoms with van der Waals surface area (Å²) in [5.41, 5.74) is 7.65. The molecule has 0 amide bonds. The Kier molecular flexibility index (Phi) is 3.33. The van der Waals surface area contributed by atoms with Crippen molar-refractivity contribution in [2.45, 2.75) is 0 Å². The number of non-ortho nitro benzene ring substituents is 1. The van der Waals surface area contributed by atoms with Gasteiger partial charge in [-0.25, -0.2) is 0 Å². The van der Waals surface area contributed by atoms with Crippen LogP contribution < -0.4 is 5.73 Å². The van der Waals surface area contributed by atoms with Gasteiger partial charge in [0.15, 0.2) is 0 Å². The van der Waals surface area contributed by atoms with Gasteiger partial charge < -0.3 is 5.73 Å². The van der Waals surface area contributed by atoms with Crippen LogP contribution in [-0.2, 0) is 0 Å². The third-order valence-corrected chi connectivity index (χ3v) is 2.37. The van der Waals surface area contributed by atoms with Gasteiger partial charge in [0.1, 0.15) is 0 Å². The molecule has 18 heavy (non-hydrogen) atoms. The van der Waals surface area contributed by atoms with E-state index in [4.69, 9.17) is 5.73 Å². The van der Waals surface area contributed by atoms with Crippen LogP contribution in [0.5, 0.6) is 0 Å². The topological polar surface area (TPSA) is 81.5 Å². The molecule has 0 aliphatic rings. The first-order chi connectivity index (χ1) is 8.66. The van der Waals surface area contributed by atoms with Crippen molar-refractivity contribution >= 4 is 23.3 Å². The third-order valence-electron chi connectivity index (χ3n) is 2.37. The van der Waals surface area contributed by atoms with Gasteiger partial charge in [-0.3, -0.25) is 15.1 Å². The standard InChI is InChI=1S/C13H11N3O2/c14-12-6-1-2-7-13(12)15-9-10-4-3-5-11(8-10)16(17)18/h1-9H,14H2. The molecule has 0 saturated heterocycles. The largest absolute Gasteiger partial charge is 0.397 e. The van der Waals surface area contributed by atoms with Crippen LogP contribution in [0.1, 0.15) is 5.56 Å². The van der Waals surface area contributed by atoms with Gasteiger partial charge in [0.05, 0.1) is 16.3 Å². The molecule has 0 aliphatic carbocycles. The smallest absolute Gasteiger partial charge is 0.270 e. The summed E-state index contributed by atoms with van der Waals surface area (Å²) in [5.74, 6) is 0. The SMILES string of the molecule is Nc1ccccc1N=Cc1cccc([N+](=O)[O-])c1. The summed E-state index contributed by atoms with van der Waals surface area (Å²) >= 11 is 0. The second-order valence-corrected chi connectivity index (χ2v) is 3.67. The van der Waals surface area contributed by atoms with Gasteiger partial charge >= 0.3 is 0 Å². The van der Waals surface area contributed by atoms with E-state index in [0.717, 1.165) is 0 Å². The van der Waals surface area contributed by atoms with E-state index >= 15 is 0 Å². The molecule has 0 fully saturated rings. The molecule has 2 aromatic carbocycles. The van der Waals surface area contributed by atoms with Gasteiger partial charge in [0.2, 0.25) is 0 Å². The third kappa shape index (κ3) is 2.70. The highest BCUT2D eigenvalue weighted by atomic mass is 16.6. The molecule has 2 N–H and O–H groups in total. The molecular formula is C13H11N3O2. The number of para-hydroxylation sites is 2. The number of nitrogen functional groups attached to an aromatic ring is 1. The van der Waals surface area contributed by atoms with Crippen LogP contribution >= 0.6 is 0 Å². The van der Waals surface area contributed by atoms with E-state index in [-0.39, 0.29) is 5.69 Å². The second-order valence-electron chi connectivity index (χ2n) is 3.67. The average Bonchev–Trinajstić information content (AvgIpc) is 2.38. The molecule has 0 aromatic heterocycles. The fraction of sp³-hybridized carbons (Fsp3) is 0. The molecule has 0 atom stereocenters. The van der Waals surface area contributed by atoms with Gasteiger partial charge in [-0.15, -0.1) is 0 Å². The van der Waals surface area contributed by atoms with Crippen LogP contribution in [0.3, 0.4) is 0 Å². The summed E-state index contributed by atoms with van der Waals surface area (Å²) in [7, 11) is 0. The Morgan fingerprint density at radius 2 is 1.94 bits per heavy atom. The van der Waals surface area contributed by atoms with Crippen LogP contribution in [0.25, 0.3) is 0 Å². The molecule has 0 saturated carbocycles. The highest BCUT2D eigenvalue weighted by Crippen LogP contribution is 2.20. The Labute approximate surface area is 104 Å². The first-order valence-corrected chi connectivity index (χ1v) is 5.30. The maximum atomic E-state index is 10.6. The van der Waals surface area contributed by atoms with Crippen molar-refractivity contribution in [3.63, 3.8) is 0 Å². The number of hydrogen-bond donors (Lipinski definition) is 1. The predicted molar refractivity (Wildman–Crippen MR) is 71.2 cm³/mol. The second kappa shape index (κ2) is 5.09. The maximum absolute atomic E-state index is 10.6. The normalized spacial score (nSPS) is 10.7. The minimum absolute atomic E-state index is 0.0417. The summed E-state index contributed by atoms with van der Waals surface area (Å²) in [6.45, 7) is 0. The molecule has 0 bridgehead atoms. The molecule has 0 radical (unpaired) electrons. The van der Waals surface area contributed by atoms with Crippen molar-refractivity contribution in [1.82, 2.24) is 0 Å². The van der Waals surface area contributed by atoms with E-state index in [1.165, 1.54) is 12.1 Å². The van der Waals surface area contributed by atoms with E-state index < -0.39 is 4.92 Å². The lowest BCUT2D eigenvalue weighted by molar-refractivity contribution is -0.384. The Morgan fingerprint density at radius 1 is 1.17 bits per heavy atom.